The van der Waals surface area contributed by atoms with E-state index < -0.39 is 22.2 Å². The molecule has 17 heavy (non-hydrogen) atoms. The van der Waals surface area contributed by atoms with E-state index in [1.54, 1.807) is 0 Å². The van der Waals surface area contributed by atoms with Crippen molar-refractivity contribution in [2.24, 2.45) is 0 Å². The van der Waals surface area contributed by atoms with Gasteiger partial charge in [-0.3, -0.25) is 4.79 Å². The van der Waals surface area contributed by atoms with Crippen LogP contribution in [0, 0.1) is 5.82 Å². The number of benzene rings is 1. The van der Waals surface area contributed by atoms with Gasteiger partial charge in [-0.1, -0.05) is 30.5 Å². The molecule has 1 aliphatic rings. The van der Waals surface area contributed by atoms with Crippen molar-refractivity contribution in [2.45, 2.75) is 31.1 Å². The monoisotopic (exact) mass is 258 g/mol. The van der Waals surface area contributed by atoms with Gasteiger partial charge in [-0.2, -0.15) is 0 Å². The molecule has 0 aromatic heterocycles. The van der Waals surface area contributed by atoms with Gasteiger partial charge in [-0.25, -0.2) is 4.39 Å². The summed E-state index contributed by atoms with van der Waals surface area (Å²) in [6.45, 7) is 0. The Balaban J connectivity index is 2.59. The van der Waals surface area contributed by atoms with Gasteiger partial charge in [0.15, 0.2) is 0 Å². The Bertz CT molecular complexity index is 467. The summed E-state index contributed by atoms with van der Waals surface area (Å²) in [4.78, 5) is 11.4. The predicted molar refractivity (Wildman–Crippen MR) is 60.9 cm³/mol. The van der Waals surface area contributed by atoms with Crippen LogP contribution in [0.3, 0.4) is 0 Å². The fourth-order valence-corrected chi connectivity index (χ4v) is 2.65. The van der Waals surface area contributed by atoms with Crippen LogP contribution in [0.1, 0.15) is 31.2 Å². The van der Waals surface area contributed by atoms with Gasteiger partial charge in [-0.15, -0.1) is 0 Å². The van der Waals surface area contributed by atoms with Gasteiger partial charge < -0.3 is 10.2 Å². The second-order valence-corrected chi connectivity index (χ2v) is 4.73. The number of phenolic OH excluding ortho intramolecular Hbond substituents is 1. The first-order chi connectivity index (χ1) is 7.99. The van der Waals surface area contributed by atoms with Gasteiger partial charge in [0.05, 0.1) is 5.41 Å². The summed E-state index contributed by atoms with van der Waals surface area (Å²) in [7, 11) is 0. The van der Waals surface area contributed by atoms with Crippen molar-refractivity contribution < 1.29 is 19.4 Å². The Labute approximate surface area is 103 Å². The van der Waals surface area contributed by atoms with Gasteiger partial charge in [0.1, 0.15) is 16.6 Å². The average molecular weight is 259 g/mol. The lowest BCUT2D eigenvalue weighted by Gasteiger charge is -2.25. The van der Waals surface area contributed by atoms with Gasteiger partial charge in [0.2, 0.25) is 0 Å². The largest absolute Gasteiger partial charge is 0.506 e. The number of hydrogen-bond acceptors (Lipinski definition) is 2. The van der Waals surface area contributed by atoms with Crippen LogP contribution < -0.4 is 0 Å². The van der Waals surface area contributed by atoms with E-state index in [0.29, 0.717) is 12.8 Å². The molecule has 0 atom stereocenters. The van der Waals surface area contributed by atoms with E-state index in [9.17, 15) is 19.4 Å². The topological polar surface area (TPSA) is 57.5 Å². The standard InChI is InChI=1S/C12H12ClFO3/c13-9-8(15)4-3-7(10(9)14)12(11(16)17)5-1-2-6-12/h3-4,15H,1-2,5-6H2,(H,16,17). The second kappa shape index (κ2) is 4.18. The number of rotatable bonds is 2. The lowest BCUT2D eigenvalue weighted by Crippen LogP contribution is -2.33. The highest BCUT2D eigenvalue weighted by Crippen LogP contribution is 2.44. The summed E-state index contributed by atoms with van der Waals surface area (Å²) in [5.74, 6) is -2.22. The minimum Gasteiger partial charge on any atom is -0.506 e. The first kappa shape index (κ1) is 12.2. The van der Waals surface area contributed by atoms with E-state index in [4.69, 9.17) is 11.6 Å². The van der Waals surface area contributed by atoms with Crippen molar-refractivity contribution in [1.29, 1.82) is 0 Å². The molecule has 3 nitrogen and oxygen atoms in total. The molecule has 0 amide bonds. The third kappa shape index (κ3) is 1.76. The highest BCUT2D eigenvalue weighted by Gasteiger charge is 2.45. The minimum absolute atomic E-state index is 0.0744. The van der Waals surface area contributed by atoms with Crippen molar-refractivity contribution in [2.75, 3.05) is 0 Å². The molecule has 0 aliphatic heterocycles. The number of carboxylic acids is 1. The fourth-order valence-electron chi connectivity index (χ4n) is 2.49. The van der Waals surface area contributed by atoms with E-state index in [1.165, 1.54) is 12.1 Å². The molecule has 1 saturated carbocycles. The van der Waals surface area contributed by atoms with E-state index >= 15 is 0 Å². The Kier molecular flexibility index (Phi) is 3.00. The number of carbonyl (C=O) groups is 1. The van der Waals surface area contributed by atoms with E-state index in [1.807, 2.05) is 0 Å². The molecule has 1 aromatic rings. The number of phenols is 1. The molecule has 1 fully saturated rings. The summed E-state index contributed by atoms with van der Waals surface area (Å²) in [5.41, 5.74) is -1.12. The summed E-state index contributed by atoms with van der Waals surface area (Å²) in [6.07, 6.45) is 2.31. The van der Waals surface area contributed by atoms with Crippen LogP contribution in [-0.2, 0) is 10.2 Å². The summed E-state index contributed by atoms with van der Waals surface area (Å²) in [6, 6.07) is 2.56. The molecule has 1 aromatic carbocycles. The van der Waals surface area contributed by atoms with E-state index in [0.717, 1.165) is 12.8 Å². The number of halogens is 2. The predicted octanol–water partition coefficient (Wildman–Crippen LogP) is 3.08. The smallest absolute Gasteiger partial charge is 0.314 e. The van der Waals surface area contributed by atoms with Crippen molar-refractivity contribution in [3.05, 3.63) is 28.5 Å². The maximum atomic E-state index is 14.0. The summed E-state index contributed by atoms with van der Waals surface area (Å²) < 4.78 is 14.0. The summed E-state index contributed by atoms with van der Waals surface area (Å²) >= 11 is 5.61. The lowest BCUT2D eigenvalue weighted by atomic mass is 9.78. The third-order valence-corrected chi connectivity index (χ3v) is 3.80. The van der Waals surface area contributed by atoms with Crippen LogP contribution in [0.5, 0.6) is 5.75 Å². The Morgan fingerprint density at radius 1 is 1.35 bits per heavy atom. The first-order valence-corrected chi connectivity index (χ1v) is 5.78. The van der Waals surface area contributed by atoms with Crippen molar-refractivity contribution >= 4 is 17.6 Å². The van der Waals surface area contributed by atoms with Crippen LogP contribution in [0.15, 0.2) is 12.1 Å². The number of aromatic hydroxyl groups is 1. The normalized spacial score (nSPS) is 18.2. The SMILES string of the molecule is O=C(O)C1(c2ccc(O)c(Cl)c2F)CCCC1. The zero-order valence-corrected chi connectivity index (χ0v) is 9.80. The molecule has 0 spiro atoms. The highest BCUT2D eigenvalue weighted by molar-refractivity contribution is 6.32. The molecular weight excluding hydrogens is 247 g/mol. The maximum absolute atomic E-state index is 14.0. The average Bonchev–Trinajstić information content (AvgIpc) is 2.76. The zero-order chi connectivity index (χ0) is 12.6. The molecule has 0 unspecified atom stereocenters. The zero-order valence-electron chi connectivity index (χ0n) is 9.04. The Hall–Kier alpha value is -1.29. The van der Waals surface area contributed by atoms with Crippen LogP contribution in [-0.4, -0.2) is 16.2 Å². The molecule has 0 heterocycles. The van der Waals surface area contributed by atoms with Crippen LogP contribution in [0.2, 0.25) is 5.02 Å². The van der Waals surface area contributed by atoms with Gasteiger partial charge >= 0.3 is 5.97 Å². The molecule has 2 rings (SSSR count). The summed E-state index contributed by atoms with van der Waals surface area (Å²) in [5, 5.41) is 18.2. The van der Waals surface area contributed by atoms with Crippen LogP contribution in [0.4, 0.5) is 4.39 Å². The fraction of sp³-hybridized carbons (Fsp3) is 0.417. The van der Waals surface area contributed by atoms with Gasteiger partial charge in [0, 0.05) is 5.56 Å². The van der Waals surface area contributed by atoms with E-state index in [2.05, 4.69) is 0 Å². The number of aliphatic carboxylic acids is 1. The molecule has 5 heteroatoms. The van der Waals surface area contributed by atoms with E-state index in [-0.39, 0.29) is 11.3 Å². The van der Waals surface area contributed by atoms with Crippen molar-refractivity contribution in [3.63, 3.8) is 0 Å². The molecular formula is C12H12ClFO3. The first-order valence-electron chi connectivity index (χ1n) is 5.40. The van der Waals surface area contributed by atoms with Gasteiger partial charge in [-0.05, 0) is 18.9 Å². The van der Waals surface area contributed by atoms with Crippen molar-refractivity contribution in [3.8, 4) is 5.75 Å². The molecule has 0 saturated heterocycles. The Morgan fingerprint density at radius 2 is 1.94 bits per heavy atom. The lowest BCUT2D eigenvalue weighted by molar-refractivity contribution is -0.143. The maximum Gasteiger partial charge on any atom is 0.314 e. The van der Waals surface area contributed by atoms with Crippen molar-refractivity contribution in [1.82, 2.24) is 0 Å². The number of hydrogen-bond donors (Lipinski definition) is 2. The molecule has 0 bridgehead atoms. The molecule has 0 radical (unpaired) electrons. The molecule has 2 N–H and O–H groups in total. The minimum atomic E-state index is -1.19. The van der Waals surface area contributed by atoms with Gasteiger partial charge in [0.25, 0.3) is 0 Å². The Morgan fingerprint density at radius 3 is 2.47 bits per heavy atom. The molecule has 1 aliphatic carbocycles. The highest BCUT2D eigenvalue weighted by atomic mass is 35.5. The number of carboxylic acid groups (broad SMARTS) is 1. The third-order valence-electron chi connectivity index (χ3n) is 3.44. The second-order valence-electron chi connectivity index (χ2n) is 4.35. The van der Waals surface area contributed by atoms with Crippen LogP contribution >= 0.6 is 11.6 Å². The quantitative estimate of drug-likeness (QED) is 0.857. The van der Waals surface area contributed by atoms with Crippen LogP contribution in [0.25, 0.3) is 0 Å². The molecule has 92 valence electrons.